The van der Waals surface area contributed by atoms with E-state index in [1.807, 2.05) is 0 Å². The number of aromatic nitrogens is 3. The third-order valence-corrected chi connectivity index (χ3v) is 3.46. The minimum atomic E-state index is -0.237. The first-order valence-electron chi connectivity index (χ1n) is 8.25. The van der Waals surface area contributed by atoms with Gasteiger partial charge in [-0.3, -0.25) is 20.2 Å². The summed E-state index contributed by atoms with van der Waals surface area (Å²) in [5.41, 5.74) is 1.41. The lowest BCUT2D eigenvalue weighted by Gasteiger charge is -2.11. The molecule has 2 N–H and O–H groups in total. The van der Waals surface area contributed by atoms with E-state index in [2.05, 4.69) is 31.5 Å². The molecule has 0 bridgehead atoms. The first kappa shape index (κ1) is 19.1. The maximum atomic E-state index is 12.0. The zero-order valence-electron chi connectivity index (χ0n) is 15.2. The predicted octanol–water partition coefficient (Wildman–Crippen LogP) is 2.71. The standard InChI is InChI=1S/C19H21N5O2/c1-6-13-7-9-14(10-8-13)15-20-18(22-16(25)11(2)3)24-19(21-15)23-17(26)12(4)5/h1,7-12H,2-5H3,(H2,20,21,22,23,24,25,26). The van der Waals surface area contributed by atoms with E-state index in [4.69, 9.17) is 6.42 Å². The van der Waals surface area contributed by atoms with Crippen LogP contribution >= 0.6 is 0 Å². The van der Waals surface area contributed by atoms with Gasteiger partial charge in [0.25, 0.3) is 0 Å². The van der Waals surface area contributed by atoms with Crippen molar-refractivity contribution in [3.05, 3.63) is 29.8 Å². The van der Waals surface area contributed by atoms with E-state index in [-0.39, 0.29) is 35.5 Å². The van der Waals surface area contributed by atoms with Gasteiger partial charge < -0.3 is 0 Å². The van der Waals surface area contributed by atoms with Crippen molar-refractivity contribution < 1.29 is 9.59 Å². The molecule has 7 heteroatoms. The number of anilines is 2. The fraction of sp³-hybridized carbons (Fsp3) is 0.316. The Morgan fingerprint density at radius 2 is 1.35 bits per heavy atom. The van der Waals surface area contributed by atoms with Crippen molar-refractivity contribution in [3.8, 4) is 23.7 Å². The molecule has 2 aromatic rings. The molecule has 0 saturated carbocycles. The zero-order valence-corrected chi connectivity index (χ0v) is 15.2. The van der Waals surface area contributed by atoms with Crippen LogP contribution in [0.15, 0.2) is 24.3 Å². The molecule has 0 spiro atoms. The quantitative estimate of drug-likeness (QED) is 0.807. The van der Waals surface area contributed by atoms with Gasteiger partial charge >= 0.3 is 0 Å². The highest BCUT2D eigenvalue weighted by Gasteiger charge is 2.15. The Bertz CT molecular complexity index is 811. The number of hydrogen-bond donors (Lipinski definition) is 2. The first-order chi connectivity index (χ1) is 12.3. The molecule has 134 valence electrons. The van der Waals surface area contributed by atoms with Gasteiger partial charge in [0.05, 0.1) is 0 Å². The number of rotatable bonds is 5. The van der Waals surface area contributed by atoms with Crippen LogP contribution in [0.2, 0.25) is 0 Å². The fourth-order valence-corrected chi connectivity index (χ4v) is 1.84. The monoisotopic (exact) mass is 351 g/mol. The average molecular weight is 351 g/mol. The number of hydrogen-bond acceptors (Lipinski definition) is 5. The van der Waals surface area contributed by atoms with Gasteiger partial charge in [-0.15, -0.1) is 6.42 Å². The summed E-state index contributed by atoms with van der Waals surface area (Å²) in [5.74, 6) is 2.08. The SMILES string of the molecule is C#Cc1ccc(-c2nc(NC(=O)C(C)C)nc(NC(=O)C(C)C)n2)cc1. The molecule has 0 aliphatic carbocycles. The van der Waals surface area contributed by atoms with Crippen LogP contribution in [0, 0.1) is 24.2 Å². The van der Waals surface area contributed by atoms with Gasteiger partial charge in [-0.2, -0.15) is 15.0 Å². The Kier molecular flexibility index (Phi) is 6.02. The number of carbonyl (C=O) groups excluding carboxylic acids is 2. The van der Waals surface area contributed by atoms with E-state index >= 15 is 0 Å². The van der Waals surface area contributed by atoms with Crippen molar-refractivity contribution in [1.29, 1.82) is 0 Å². The van der Waals surface area contributed by atoms with E-state index in [9.17, 15) is 9.59 Å². The van der Waals surface area contributed by atoms with Gasteiger partial charge in [-0.05, 0) is 24.3 Å². The molecule has 2 rings (SSSR count). The molecule has 1 aromatic carbocycles. The summed E-state index contributed by atoms with van der Waals surface area (Å²) < 4.78 is 0. The molecule has 0 aliphatic heterocycles. The number of nitrogens with zero attached hydrogens (tertiary/aromatic N) is 3. The van der Waals surface area contributed by atoms with Crippen LogP contribution in [0.25, 0.3) is 11.4 Å². The van der Waals surface area contributed by atoms with Crippen LogP contribution in [0.3, 0.4) is 0 Å². The maximum Gasteiger partial charge on any atom is 0.234 e. The molecule has 7 nitrogen and oxygen atoms in total. The number of terminal acetylenes is 1. The summed E-state index contributed by atoms with van der Waals surface area (Å²) in [6.07, 6.45) is 5.37. The number of carbonyl (C=O) groups is 2. The highest BCUT2D eigenvalue weighted by Crippen LogP contribution is 2.19. The van der Waals surface area contributed by atoms with E-state index in [0.29, 0.717) is 11.4 Å². The second kappa shape index (κ2) is 8.21. The van der Waals surface area contributed by atoms with Crippen molar-refractivity contribution in [1.82, 2.24) is 15.0 Å². The number of amides is 2. The highest BCUT2D eigenvalue weighted by atomic mass is 16.2. The molecule has 26 heavy (non-hydrogen) atoms. The largest absolute Gasteiger partial charge is 0.294 e. The van der Waals surface area contributed by atoms with E-state index < -0.39 is 0 Å². The normalized spacial score (nSPS) is 10.5. The van der Waals surface area contributed by atoms with E-state index in [1.165, 1.54) is 0 Å². The van der Waals surface area contributed by atoms with Crippen molar-refractivity contribution in [2.45, 2.75) is 27.7 Å². The third-order valence-electron chi connectivity index (χ3n) is 3.46. The van der Waals surface area contributed by atoms with Crippen molar-refractivity contribution in [3.63, 3.8) is 0 Å². The molecule has 0 atom stereocenters. The van der Waals surface area contributed by atoms with E-state index in [0.717, 1.165) is 5.56 Å². The molecule has 1 heterocycles. The lowest BCUT2D eigenvalue weighted by atomic mass is 10.1. The smallest absolute Gasteiger partial charge is 0.234 e. The zero-order chi connectivity index (χ0) is 19.3. The summed E-state index contributed by atoms with van der Waals surface area (Å²) in [5, 5.41) is 5.26. The molecule has 0 unspecified atom stereocenters. The van der Waals surface area contributed by atoms with Crippen LogP contribution in [0.5, 0.6) is 0 Å². The molecule has 0 radical (unpaired) electrons. The molecule has 0 fully saturated rings. The Balaban J connectivity index is 2.43. The number of nitrogens with one attached hydrogen (secondary N) is 2. The molecule has 1 aromatic heterocycles. The van der Waals surface area contributed by atoms with Crippen molar-refractivity contribution in [2.24, 2.45) is 11.8 Å². The van der Waals surface area contributed by atoms with Gasteiger partial charge in [0.2, 0.25) is 23.7 Å². The van der Waals surface area contributed by atoms with Crippen LogP contribution in [-0.2, 0) is 9.59 Å². The van der Waals surface area contributed by atoms with Gasteiger partial charge in [0.1, 0.15) is 0 Å². The van der Waals surface area contributed by atoms with Gasteiger partial charge in [0.15, 0.2) is 5.82 Å². The lowest BCUT2D eigenvalue weighted by Crippen LogP contribution is -2.23. The molecular formula is C19H21N5O2. The predicted molar refractivity (Wildman–Crippen MR) is 100 cm³/mol. The van der Waals surface area contributed by atoms with Gasteiger partial charge in [-0.25, -0.2) is 0 Å². The van der Waals surface area contributed by atoms with Gasteiger partial charge in [-0.1, -0.05) is 33.6 Å². The Hall–Kier alpha value is -3.27. The molecular weight excluding hydrogens is 330 g/mol. The minimum absolute atomic E-state index is 0.0776. The second-order valence-corrected chi connectivity index (χ2v) is 6.32. The molecule has 0 aliphatic rings. The minimum Gasteiger partial charge on any atom is -0.294 e. The van der Waals surface area contributed by atoms with Gasteiger partial charge in [0, 0.05) is 23.0 Å². The summed E-state index contributed by atoms with van der Waals surface area (Å²) in [7, 11) is 0. The van der Waals surface area contributed by atoms with Crippen LogP contribution < -0.4 is 10.6 Å². The highest BCUT2D eigenvalue weighted by molar-refractivity contribution is 5.92. The summed E-state index contributed by atoms with van der Waals surface area (Å²) in [4.78, 5) is 36.6. The number of benzene rings is 1. The Morgan fingerprint density at radius 1 is 0.885 bits per heavy atom. The third kappa shape index (κ3) is 4.86. The Labute approximate surface area is 152 Å². The maximum absolute atomic E-state index is 12.0. The van der Waals surface area contributed by atoms with Crippen molar-refractivity contribution in [2.75, 3.05) is 10.6 Å². The topological polar surface area (TPSA) is 96.9 Å². The Morgan fingerprint density at radius 3 is 1.73 bits per heavy atom. The summed E-state index contributed by atoms with van der Waals surface area (Å²) >= 11 is 0. The fourth-order valence-electron chi connectivity index (χ4n) is 1.84. The average Bonchev–Trinajstić information content (AvgIpc) is 2.61. The van der Waals surface area contributed by atoms with Crippen LogP contribution in [0.4, 0.5) is 11.9 Å². The van der Waals surface area contributed by atoms with E-state index in [1.54, 1.807) is 52.0 Å². The lowest BCUT2D eigenvalue weighted by molar-refractivity contribution is -0.119. The molecule has 2 amide bonds. The van der Waals surface area contributed by atoms with Crippen LogP contribution in [-0.4, -0.2) is 26.8 Å². The molecule has 0 saturated heterocycles. The van der Waals surface area contributed by atoms with Crippen LogP contribution in [0.1, 0.15) is 33.3 Å². The summed E-state index contributed by atoms with van der Waals surface area (Å²) in [6.45, 7) is 7.05. The van der Waals surface area contributed by atoms with Crippen molar-refractivity contribution >= 4 is 23.7 Å². The summed E-state index contributed by atoms with van der Waals surface area (Å²) in [6, 6.07) is 7.06. The second-order valence-electron chi connectivity index (χ2n) is 6.32. The first-order valence-corrected chi connectivity index (χ1v) is 8.25.